The Morgan fingerprint density at radius 1 is 1.23 bits per heavy atom. The fraction of sp³-hybridized carbons (Fsp3) is 0.333. The van der Waals surface area contributed by atoms with E-state index in [0.717, 1.165) is 22.9 Å². The molecule has 5 rings (SSSR count). The van der Waals surface area contributed by atoms with Gasteiger partial charge in [0.1, 0.15) is 17.7 Å². The number of nitrogens with one attached hydrogen (secondary N) is 2. The molecule has 1 saturated heterocycles. The molecule has 0 radical (unpaired) electrons. The van der Waals surface area contributed by atoms with Crippen molar-refractivity contribution in [3.63, 3.8) is 0 Å². The first kappa shape index (κ1) is 23.0. The molecule has 1 unspecified atom stereocenters. The van der Waals surface area contributed by atoms with Gasteiger partial charge in [-0.15, -0.1) is 0 Å². The van der Waals surface area contributed by atoms with Gasteiger partial charge in [0, 0.05) is 31.4 Å². The maximum Gasteiger partial charge on any atom is 0.419 e. The molecule has 11 heteroatoms. The van der Waals surface area contributed by atoms with Gasteiger partial charge in [0.2, 0.25) is 0 Å². The third kappa shape index (κ3) is 4.76. The largest absolute Gasteiger partial charge is 0.488 e. The van der Waals surface area contributed by atoms with E-state index in [1.54, 1.807) is 16.9 Å². The number of alkyl halides is 3. The number of aromatic amines is 1. The second kappa shape index (κ2) is 8.81. The third-order valence-corrected chi connectivity index (χ3v) is 6.03. The fourth-order valence-electron chi connectivity index (χ4n) is 4.04. The molecule has 1 atom stereocenters. The zero-order valence-corrected chi connectivity index (χ0v) is 19.1. The van der Waals surface area contributed by atoms with Gasteiger partial charge in [0.25, 0.3) is 5.56 Å². The lowest BCUT2D eigenvalue weighted by molar-refractivity contribution is -0.139. The predicted molar refractivity (Wildman–Crippen MR) is 123 cm³/mol. The zero-order valence-electron chi connectivity index (χ0n) is 19.1. The summed E-state index contributed by atoms with van der Waals surface area (Å²) >= 11 is 0. The number of ether oxygens (including phenoxy) is 1. The van der Waals surface area contributed by atoms with Crippen molar-refractivity contribution in [2.45, 2.75) is 39.0 Å². The van der Waals surface area contributed by atoms with Crippen molar-refractivity contribution in [2.75, 3.05) is 13.1 Å². The van der Waals surface area contributed by atoms with E-state index in [1.165, 1.54) is 6.07 Å². The van der Waals surface area contributed by atoms with E-state index in [4.69, 9.17) is 4.74 Å². The lowest BCUT2D eigenvalue weighted by Crippen LogP contribution is -2.22. The number of benzene rings is 1. The van der Waals surface area contributed by atoms with Crippen molar-refractivity contribution in [3.8, 4) is 11.6 Å². The van der Waals surface area contributed by atoms with E-state index < -0.39 is 17.3 Å². The molecule has 2 N–H and O–H groups in total. The van der Waals surface area contributed by atoms with Crippen molar-refractivity contribution in [3.05, 3.63) is 75.2 Å². The molecule has 8 nitrogen and oxygen atoms in total. The number of aromatic nitrogens is 5. The average molecular weight is 484 g/mol. The highest BCUT2D eigenvalue weighted by Gasteiger charge is 2.36. The van der Waals surface area contributed by atoms with Crippen LogP contribution in [0.5, 0.6) is 5.75 Å². The molecule has 35 heavy (non-hydrogen) atoms. The van der Waals surface area contributed by atoms with Crippen LogP contribution in [0.1, 0.15) is 34.6 Å². The van der Waals surface area contributed by atoms with Crippen LogP contribution in [-0.4, -0.2) is 43.9 Å². The van der Waals surface area contributed by atoms with Crippen LogP contribution < -0.4 is 15.6 Å². The minimum Gasteiger partial charge on any atom is -0.488 e. The summed E-state index contributed by atoms with van der Waals surface area (Å²) in [4.78, 5) is 24.1. The Balaban J connectivity index is 1.46. The summed E-state index contributed by atoms with van der Waals surface area (Å²) in [6.07, 6.45) is -0.651. The van der Waals surface area contributed by atoms with Crippen LogP contribution in [-0.2, 0) is 12.6 Å². The smallest absolute Gasteiger partial charge is 0.419 e. The molecule has 1 aliphatic heterocycles. The van der Waals surface area contributed by atoms with E-state index in [0.29, 0.717) is 31.2 Å². The van der Waals surface area contributed by atoms with Gasteiger partial charge in [-0.3, -0.25) is 4.79 Å². The Bertz CT molecular complexity index is 1420. The quantitative estimate of drug-likeness (QED) is 0.450. The molecule has 4 aromatic rings. The molecule has 0 aliphatic carbocycles. The minimum atomic E-state index is -4.67. The van der Waals surface area contributed by atoms with Crippen LogP contribution in [0.3, 0.4) is 0 Å². The summed E-state index contributed by atoms with van der Waals surface area (Å²) in [7, 11) is 0. The van der Waals surface area contributed by atoms with Gasteiger partial charge >= 0.3 is 6.18 Å². The molecule has 3 aromatic heterocycles. The van der Waals surface area contributed by atoms with Crippen LogP contribution in [0.4, 0.5) is 13.2 Å². The first-order valence-corrected chi connectivity index (χ1v) is 11.2. The number of hydrogen-bond acceptors (Lipinski definition) is 6. The number of rotatable bonds is 5. The lowest BCUT2D eigenvalue weighted by Gasteiger charge is -2.18. The summed E-state index contributed by atoms with van der Waals surface area (Å²) < 4.78 is 48.4. The van der Waals surface area contributed by atoms with Crippen LogP contribution in [0, 0.1) is 13.8 Å². The molecule has 1 fully saturated rings. The van der Waals surface area contributed by atoms with E-state index in [1.807, 2.05) is 26.1 Å². The van der Waals surface area contributed by atoms with E-state index in [9.17, 15) is 18.0 Å². The third-order valence-electron chi connectivity index (χ3n) is 6.03. The average Bonchev–Trinajstić information content (AvgIpc) is 3.42. The highest BCUT2D eigenvalue weighted by molar-refractivity contribution is 5.80. The number of hydrogen-bond donors (Lipinski definition) is 2. The molecule has 1 aliphatic rings. The highest BCUT2D eigenvalue weighted by Crippen LogP contribution is 2.38. The zero-order chi connectivity index (χ0) is 24.7. The fourth-order valence-corrected chi connectivity index (χ4v) is 4.04. The number of nitrogens with zero attached hydrogens (tertiary/aromatic N) is 4. The van der Waals surface area contributed by atoms with Crippen LogP contribution in [0.15, 0.2) is 41.5 Å². The van der Waals surface area contributed by atoms with Gasteiger partial charge in [0.15, 0.2) is 5.82 Å². The summed E-state index contributed by atoms with van der Waals surface area (Å²) in [6, 6.07) is 5.66. The second-order valence-electron chi connectivity index (χ2n) is 8.65. The molecular weight excluding hydrogens is 461 g/mol. The second-order valence-corrected chi connectivity index (χ2v) is 8.65. The SMILES string of the molecule is Cc1cn(-c2ccc(Cc3nc4cc(OC5CCNC5)c(C(F)(F)F)cc4c(=O)[nH]3)cn2)nc1C. The summed E-state index contributed by atoms with van der Waals surface area (Å²) in [6.45, 7) is 5.02. The van der Waals surface area contributed by atoms with Crippen LogP contribution in [0.2, 0.25) is 0 Å². The predicted octanol–water partition coefficient (Wildman–Crippen LogP) is 3.47. The lowest BCUT2D eigenvalue weighted by atomic mass is 10.1. The van der Waals surface area contributed by atoms with E-state index in [2.05, 4.69) is 25.4 Å². The van der Waals surface area contributed by atoms with E-state index >= 15 is 0 Å². The molecule has 182 valence electrons. The van der Waals surface area contributed by atoms with Gasteiger partial charge in [-0.05, 0) is 50.1 Å². The normalized spacial score (nSPS) is 16.2. The number of halogens is 3. The van der Waals surface area contributed by atoms with Crippen molar-refractivity contribution in [2.24, 2.45) is 0 Å². The monoisotopic (exact) mass is 484 g/mol. The van der Waals surface area contributed by atoms with E-state index in [-0.39, 0.29) is 29.2 Å². The molecule has 0 amide bonds. The number of fused-ring (bicyclic) bond motifs is 1. The Labute approximate surface area is 198 Å². The summed E-state index contributed by atoms with van der Waals surface area (Å²) in [5.41, 5.74) is 1.25. The Hall–Kier alpha value is -3.73. The van der Waals surface area contributed by atoms with Crippen molar-refractivity contribution in [1.29, 1.82) is 0 Å². The Kier molecular flexibility index (Phi) is 5.79. The summed E-state index contributed by atoms with van der Waals surface area (Å²) in [5.74, 6) is 0.641. The van der Waals surface area contributed by atoms with Crippen molar-refractivity contribution < 1.29 is 17.9 Å². The number of aryl methyl sites for hydroxylation is 2. The van der Waals surface area contributed by atoms with Crippen LogP contribution in [0.25, 0.3) is 16.7 Å². The Morgan fingerprint density at radius 2 is 2.06 bits per heavy atom. The molecule has 0 spiro atoms. The van der Waals surface area contributed by atoms with Gasteiger partial charge in [-0.25, -0.2) is 14.6 Å². The standard InChI is InChI=1S/C24H23F3N6O2/c1-13-12-33(32-14(13)2)22-4-3-15(10-29-22)7-21-30-19-9-20(35-16-5-6-28-11-16)18(24(25,26)27)8-17(19)23(34)31-21/h3-4,8-10,12,16,28H,5-7,11H2,1-2H3,(H,30,31,34). The van der Waals surface area contributed by atoms with Gasteiger partial charge in [-0.2, -0.15) is 18.3 Å². The summed E-state index contributed by atoms with van der Waals surface area (Å²) in [5, 5.41) is 7.33. The van der Waals surface area contributed by atoms with Crippen molar-refractivity contribution >= 4 is 10.9 Å². The maximum absolute atomic E-state index is 13.7. The number of H-pyrrole nitrogens is 1. The molecule has 4 heterocycles. The molecule has 0 bridgehead atoms. The molecule has 0 saturated carbocycles. The first-order chi connectivity index (χ1) is 16.7. The Morgan fingerprint density at radius 3 is 2.69 bits per heavy atom. The first-order valence-electron chi connectivity index (χ1n) is 11.2. The maximum atomic E-state index is 13.7. The highest BCUT2D eigenvalue weighted by atomic mass is 19.4. The molecule has 1 aromatic carbocycles. The van der Waals surface area contributed by atoms with Crippen molar-refractivity contribution in [1.82, 2.24) is 30.0 Å². The minimum absolute atomic E-state index is 0.143. The van der Waals surface area contributed by atoms with Gasteiger partial charge in [0.05, 0.1) is 22.2 Å². The molecular formula is C24H23F3N6O2. The topological polar surface area (TPSA) is 97.7 Å². The van der Waals surface area contributed by atoms with Crippen LogP contribution >= 0.6 is 0 Å². The number of pyridine rings is 1. The van der Waals surface area contributed by atoms with Gasteiger partial charge < -0.3 is 15.0 Å². The van der Waals surface area contributed by atoms with Gasteiger partial charge in [-0.1, -0.05) is 6.07 Å².